The van der Waals surface area contributed by atoms with E-state index in [0.717, 1.165) is 25.2 Å². The van der Waals surface area contributed by atoms with Gasteiger partial charge >= 0.3 is 0 Å². The molecule has 0 heterocycles. The summed E-state index contributed by atoms with van der Waals surface area (Å²) in [5.74, 6) is 3.25. The van der Waals surface area contributed by atoms with E-state index in [4.69, 9.17) is 0 Å². The number of fused-ring (bicyclic) bond motifs is 6. The molecule has 0 amide bonds. The van der Waals surface area contributed by atoms with Gasteiger partial charge < -0.3 is 0 Å². The van der Waals surface area contributed by atoms with Crippen molar-refractivity contribution in [2.75, 3.05) is 0 Å². The average Bonchev–Trinajstić information content (AvgIpc) is 3.25. The highest BCUT2D eigenvalue weighted by Gasteiger charge is 2.62. The molecule has 6 atom stereocenters. The van der Waals surface area contributed by atoms with Crippen molar-refractivity contribution >= 4 is 5.78 Å². The number of carbonyl (C=O) groups excluding carboxylic acids is 1. The lowest BCUT2D eigenvalue weighted by atomic mass is 9.51. The van der Waals surface area contributed by atoms with Crippen molar-refractivity contribution in [3.05, 3.63) is 57.7 Å². The van der Waals surface area contributed by atoms with Crippen molar-refractivity contribution in [3.63, 3.8) is 0 Å². The van der Waals surface area contributed by atoms with Crippen LogP contribution < -0.4 is 0 Å². The molecule has 0 N–H and O–H groups in total. The Bertz CT molecular complexity index is 1310. The molecule has 3 saturated carbocycles. The first-order valence-corrected chi connectivity index (χ1v) is 16.6. The van der Waals surface area contributed by atoms with E-state index >= 15 is 0 Å². The molecule has 5 aliphatic carbocycles. The van der Waals surface area contributed by atoms with Crippen LogP contribution in [0.3, 0.4) is 0 Å². The van der Waals surface area contributed by atoms with Gasteiger partial charge in [-0.3, -0.25) is 4.79 Å². The molecular weight excluding hydrogens is 484 g/mol. The predicted octanol–water partition coefficient (Wildman–Crippen LogP) is 10.5. The van der Waals surface area contributed by atoms with Crippen LogP contribution in [0.25, 0.3) is 0 Å². The Balaban J connectivity index is 1.31. The number of hydrogen-bond donors (Lipinski definition) is 0. The molecule has 5 aliphatic rings. The number of carbonyl (C=O) groups is 1. The Kier molecular flexibility index (Phi) is 6.20. The molecule has 0 radical (unpaired) electrons. The molecule has 0 spiro atoms. The first-order chi connectivity index (χ1) is 18.4. The number of rotatable bonds is 6. The quantitative estimate of drug-likeness (QED) is 0.351. The van der Waals surface area contributed by atoms with E-state index in [2.05, 4.69) is 100 Å². The second kappa shape index (κ2) is 8.70. The van der Waals surface area contributed by atoms with Gasteiger partial charge in [0.15, 0.2) is 0 Å². The number of hydrogen-bond acceptors (Lipinski definition) is 1. The molecule has 0 aliphatic heterocycles. The van der Waals surface area contributed by atoms with Gasteiger partial charge in [-0.15, -0.1) is 0 Å². The fourth-order valence-corrected chi connectivity index (χ4v) is 10.0. The third kappa shape index (κ3) is 3.80. The second-order valence-corrected chi connectivity index (χ2v) is 17.8. The summed E-state index contributed by atoms with van der Waals surface area (Å²) in [7, 11) is 0. The van der Waals surface area contributed by atoms with E-state index in [9.17, 15) is 4.79 Å². The van der Waals surface area contributed by atoms with Crippen LogP contribution in [-0.4, -0.2) is 5.78 Å². The Labute approximate surface area is 245 Å². The van der Waals surface area contributed by atoms with Crippen molar-refractivity contribution < 1.29 is 4.79 Å². The predicted molar refractivity (Wildman–Crippen MR) is 169 cm³/mol. The minimum absolute atomic E-state index is 0.0479. The largest absolute Gasteiger partial charge is 0.299 e. The van der Waals surface area contributed by atoms with Crippen LogP contribution in [0.4, 0.5) is 0 Å². The van der Waals surface area contributed by atoms with Gasteiger partial charge in [-0.1, -0.05) is 106 Å². The van der Waals surface area contributed by atoms with Crippen LogP contribution >= 0.6 is 0 Å². The second-order valence-electron chi connectivity index (χ2n) is 17.8. The summed E-state index contributed by atoms with van der Waals surface area (Å²) in [6.07, 6.45) is 13.6. The summed E-state index contributed by atoms with van der Waals surface area (Å²) < 4.78 is 0. The summed E-state index contributed by atoms with van der Waals surface area (Å²) >= 11 is 0. The van der Waals surface area contributed by atoms with E-state index in [0.29, 0.717) is 29.0 Å². The molecule has 1 heteroatoms. The third-order valence-electron chi connectivity index (χ3n) is 13.5. The smallest absolute Gasteiger partial charge is 0.140 e. The lowest BCUT2D eigenvalue weighted by Gasteiger charge is -2.53. The molecule has 6 rings (SSSR count). The van der Waals surface area contributed by atoms with Crippen molar-refractivity contribution in [2.45, 2.75) is 138 Å². The lowest BCUT2D eigenvalue weighted by molar-refractivity contribution is -0.128. The van der Waals surface area contributed by atoms with Gasteiger partial charge in [-0.05, 0) is 117 Å². The first kappa shape index (κ1) is 28.5. The Morgan fingerprint density at radius 2 is 1.68 bits per heavy atom. The van der Waals surface area contributed by atoms with Crippen LogP contribution in [0.5, 0.6) is 0 Å². The zero-order valence-corrected chi connectivity index (χ0v) is 27.6. The highest BCUT2D eigenvalue weighted by Crippen LogP contribution is 2.71. The van der Waals surface area contributed by atoms with Gasteiger partial charge in [0.1, 0.15) is 5.78 Å². The summed E-state index contributed by atoms with van der Waals surface area (Å²) in [5, 5.41) is 0. The highest BCUT2D eigenvalue weighted by molar-refractivity contribution is 5.94. The van der Waals surface area contributed by atoms with Crippen molar-refractivity contribution in [3.8, 4) is 0 Å². The van der Waals surface area contributed by atoms with Crippen LogP contribution in [0, 0.1) is 39.4 Å². The maximum atomic E-state index is 12.9. The SMILES string of the molecule is CC(C)c1ccc(C(C)(C)CCC(C)(C)C2(C)C=CC(C(C)(C)C)=C3C2CC2CCC32C)c2c1CC1CC(=O)C21. The minimum atomic E-state index is 0.0479. The van der Waals surface area contributed by atoms with Crippen LogP contribution in [0.2, 0.25) is 0 Å². The van der Waals surface area contributed by atoms with E-state index in [-0.39, 0.29) is 27.6 Å². The molecule has 3 fully saturated rings. The average molecular weight is 541 g/mol. The zero-order chi connectivity index (χ0) is 29.2. The number of allylic oxidation sites excluding steroid dienone is 4. The maximum absolute atomic E-state index is 12.9. The summed E-state index contributed by atoms with van der Waals surface area (Å²) in [4.78, 5) is 12.9. The van der Waals surface area contributed by atoms with Gasteiger partial charge in [0.05, 0.1) is 0 Å². The fourth-order valence-electron chi connectivity index (χ4n) is 10.0. The van der Waals surface area contributed by atoms with Gasteiger partial charge in [-0.2, -0.15) is 0 Å². The van der Waals surface area contributed by atoms with E-state index < -0.39 is 0 Å². The van der Waals surface area contributed by atoms with Crippen molar-refractivity contribution in [1.82, 2.24) is 0 Å². The molecule has 40 heavy (non-hydrogen) atoms. The normalized spacial score (nSPS) is 34.9. The number of ketones is 1. The standard InChI is InChI=1S/C39H56O/c1-23(2)26-12-13-28(33-27(26)20-24-21-31(40)32(24)33)36(6,7)18-19-37(8,9)39(11)17-15-29(35(3,4)5)34-30(39)22-25-14-16-38(25,34)10/h12-13,15,17,23-25,30,32H,14,16,18-22H2,1-11H3. The monoisotopic (exact) mass is 540 g/mol. The molecule has 0 saturated heterocycles. The van der Waals surface area contributed by atoms with E-state index in [1.807, 2.05) is 5.57 Å². The van der Waals surface area contributed by atoms with E-state index in [1.54, 1.807) is 5.57 Å². The fraction of sp³-hybridized carbons (Fsp3) is 0.718. The lowest BCUT2D eigenvalue weighted by Crippen LogP contribution is -2.44. The number of benzene rings is 1. The maximum Gasteiger partial charge on any atom is 0.140 e. The third-order valence-corrected chi connectivity index (χ3v) is 13.5. The summed E-state index contributed by atoms with van der Waals surface area (Å²) in [6.45, 7) is 27.1. The molecule has 1 aromatic rings. The Hall–Kier alpha value is -1.63. The zero-order valence-electron chi connectivity index (χ0n) is 27.6. The topological polar surface area (TPSA) is 17.1 Å². The van der Waals surface area contributed by atoms with Crippen molar-refractivity contribution in [1.29, 1.82) is 0 Å². The molecule has 1 aromatic carbocycles. The highest BCUT2D eigenvalue weighted by atomic mass is 16.1. The summed E-state index contributed by atoms with van der Waals surface area (Å²) in [6, 6.07) is 4.83. The minimum Gasteiger partial charge on any atom is -0.299 e. The molecule has 0 aromatic heterocycles. The van der Waals surface area contributed by atoms with Gasteiger partial charge in [-0.25, -0.2) is 0 Å². The van der Waals surface area contributed by atoms with Gasteiger partial charge in [0.2, 0.25) is 0 Å². The van der Waals surface area contributed by atoms with Crippen LogP contribution in [-0.2, 0) is 16.6 Å². The van der Waals surface area contributed by atoms with Crippen LogP contribution in [0.1, 0.15) is 149 Å². The summed E-state index contributed by atoms with van der Waals surface area (Å²) in [5.41, 5.74) is 10.4. The Morgan fingerprint density at radius 3 is 2.25 bits per heavy atom. The Morgan fingerprint density at radius 1 is 0.975 bits per heavy atom. The van der Waals surface area contributed by atoms with Crippen molar-refractivity contribution in [2.24, 2.45) is 39.4 Å². The molecule has 0 bridgehead atoms. The molecular formula is C39H56O. The molecule has 1 nitrogen and oxygen atoms in total. The van der Waals surface area contributed by atoms with E-state index in [1.165, 1.54) is 47.9 Å². The molecule has 6 unspecified atom stereocenters. The van der Waals surface area contributed by atoms with Gasteiger partial charge in [0.25, 0.3) is 0 Å². The van der Waals surface area contributed by atoms with Crippen LogP contribution in [0.15, 0.2) is 35.4 Å². The first-order valence-electron chi connectivity index (χ1n) is 16.6. The van der Waals surface area contributed by atoms with Gasteiger partial charge in [0, 0.05) is 12.3 Å². The molecule has 218 valence electrons. The number of Topliss-reactive ketones (excluding diaryl/α,β-unsaturated/α-hetero) is 1.